The Morgan fingerprint density at radius 2 is 2.00 bits per heavy atom. The third-order valence-corrected chi connectivity index (χ3v) is 5.32. The average molecular weight is 441 g/mol. The highest BCUT2D eigenvalue weighted by Gasteiger charge is 2.26. The molecule has 2 aromatic rings. The number of aliphatic imine (C=N–C) groups is 1. The van der Waals surface area contributed by atoms with Crippen LogP contribution in [0.2, 0.25) is 0 Å². The first kappa shape index (κ1) is 22.9. The summed E-state index contributed by atoms with van der Waals surface area (Å²) in [6, 6.07) is 3.30. The lowest BCUT2D eigenvalue weighted by atomic mass is 10.0. The highest BCUT2D eigenvalue weighted by Crippen LogP contribution is 2.40. The third-order valence-electron chi connectivity index (χ3n) is 5.32. The number of piperazine rings is 1. The van der Waals surface area contributed by atoms with Crippen molar-refractivity contribution in [1.82, 2.24) is 14.7 Å². The van der Waals surface area contributed by atoms with Crippen LogP contribution in [0.15, 0.2) is 54.1 Å². The maximum absolute atomic E-state index is 11.6. The number of ether oxygens (including phenoxy) is 2. The van der Waals surface area contributed by atoms with Gasteiger partial charge in [0.25, 0.3) is 0 Å². The van der Waals surface area contributed by atoms with Gasteiger partial charge in [0.15, 0.2) is 5.75 Å². The van der Waals surface area contributed by atoms with Gasteiger partial charge in [0.2, 0.25) is 5.88 Å². The molecule has 0 amide bonds. The molecule has 32 heavy (non-hydrogen) atoms. The lowest BCUT2D eigenvalue weighted by molar-refractivity contribution is -0.385. The highest BCUT2D eigenvalue weighted by molar-refractivity contribution is 5.93. The van der Waals surface area contributed by atoms with Crippen LogP contribution in [0.3, 0.4) is 0 Å². The summed E-state index contributed by atoms with van der Waals surface area (Å²) in [4.78, 5) is 20.0. The smallest absolute Gasteiger partial charge is 0.311 e. The molecule has 170 valence electrons. The molecule has 0 atom stereocenters. The number of allylic oxidation sites excluding steroid dienone is 1. The molecule has 1 aromatic carbocycles. The minimum Gasteiger partial charge on any atom is -0.490 e. The van der Waals surface area contributed by atoms with Gasteiger partial charge in [-0.05, 0) is 19.1 Å². The molecule has 10 heteroatoms. The van der Waals surface area contributed by atoms with Gasteiger partial charge in [-0.2, -0.15) is 10.1 Å². The second kappa shape index (κ2) is 9.99. The lowest BCUT2D eigenvalue weighted by Crippen LogP contribution is -2.48. The molecular formula is C22H28N6O4. The average Bonchev–Trinajstić information content (AvgIpc) is 3.25. The molecule has 1 aromatic heterocycles. The van der Waals surface area contributed by atoms with Crippen molar-refractivity contribution in [3.63, 3.8) is 0 Å². The van der Waals surface area contributed by atoms with Crippen LogP contribution in [-0.2, 0) is 11.8 Å². The quantitative estimate of drug-likeness (QED) is 0.214. The zero-order valence-corrected chi connectivity index (χ0v) is 18.8. The van der Waals surface area contributed by atoms with Crippen molar-refractivity contribution in [3.8, 4) is 16.9 Å². The van der Waals surface area contributed by atoms with E-state index < -0.39 is 4.92 Å². The lowest BCUT2D eigenvalue weighted by Gasteiger charge is -2.38. The van der Waals surface area contributed by atoms with Gasteiger partial charge in [0.1, 0.15) is 5.84 Å². The third kappa shape index (κ3) is 4.74. The van der Waals surface area contributed by atoms with Gasteiger partial charge in [0.05, 0.1) is 25.3 Å². The van der Waals surface area contributed by atoms with Crippen molar-refractivity contribution in [1.29, 1.82) is 0 Å². The fourth-order valence-electron chi connectivity index (χ4n) is 3.68. The number of anilines is 1. The minimum atomic E-state index is -0.429. The Morgan fingerprint density at radius 3 is 2.50 bits per heavy atom. The van der Waals surface area contributed by atoms with Gasteiger partial charge in [-0.15, -0.1) is 0 Å². The van der Waals surface area contributed by atoms with E-state index in [1.807, 2.05) is 20.2 Å². The van der Waals surface area contributed by atoms with E-state index in [1.165, 1.54) is 7.11 Å². The molecule has 3 rings (SSSR count). The van der Waals surface area contributed by atoms with Crippen LogP contribution in [0.4, 0.5) is 11.4 Å². The summed E-state index contributed by atoms with van der Waals surface area (Å²) in [6.45, 7) is 8.54. The first-order chi connectivity index (χ1) is 15.4. The zero-order chi connectivity index (χ0) is 23.3. The molecule has 0 radical (unpaired) electrons. The van der Waals surface area contributed by atoms with Crippen molar-refractivity contribution in [2.24, 2.45) is 12.0 Å². The summed E-state index contributed by atoms with van der Waals surface area (Å²) in [5.74, 6) is 1.50. The number of methoxy groups -OCH3 is 2. The predicted molar refractivity (Wildman–Crippen MR) is 124 cm³/mol. The molecular weight excluding hydrogens is 412 g/mol. The van der Waals surface area contributed by atoms with Crippen LogP contribution in [0.1, 0.15) is 6.92 Å². The van der Waals surface area contributed by atoms with Crippen molar-refractivity contribution in [2.45, 2.75) is 6.92 Å². The molecule has 0 N–H and O–H groups in total. The number of nitro benzene ring substituents is 1. The van der Waals surface area contributed by atoms with E-state index in [2.05, 4.69) is 26.5 Å². The Bertz CT molecular complexity index is 1050. The molecule has 10 nitrogen and oxygen atoms in total. The maximum atomic E-state index is 11.6. The number of nitro groups is 1. The Morgan fingerprint density at radius 1 is 1.28 bits per heavy atom. The first-order valence-corrected chi connectivity index (χ1v) is 10.2. The molecule has 0 saturated carbocycles. The van der Waals surface area contributed by atoms with Gasteiger partial charge in [-0.3, -0.25) is 14.8 Å². The topological polar surface area (TPSA) is 98.3 Å². The molecule has 1 fully saturated rings. The monoisotopic (exact) mass is 440 g/mol. The second-order valence-corrected chi connectivity index (χ2v) is 7.18. The second-order valence-electron chi connectivity index (χ2n) is 7.18. The largest absolute Gasteiger partial charge is 0.490 e. The number of nitrogens with zero attached hydrogens (tertiary/aromatic N) is 6. The minimum absolute atomic E-state index is 0.0757. The van der Waals surface area contributed by atoms with Crippen LogP contribution < -0.4 is 9.64 Å². The Hall–Kier alpha value is -3.82. The summed E-state index contributed by atoms with van der Waals surface area (Å²) < 4.78 is 12.3. The predicted octanol–water partition coefficient (Wildman–Crippen LogP) is 3.22. The van der Waals surface area contributed by atoms with Gasteiger partial charge in [0, 0.05) is 68.4 Å². The fourth-order valence-corrected chi connectivity index (χ4v) is 3.68. The summed E-state index contributed by atoms with van der Waals surface area (Å²) >= 11 is 0. The number of aryl methyl sites for hydroxylation is 1. The van der Waals surface area contributed by atoms with E-state index in [0.29, 0.717) is 32.1 Å². The SMILES string of the molecule is C=C/C(=N\C(=C/C)OC)N1CCN(c2cc(OC)c([N+](=O)[O-])cc2-c2cnn(C)c2)CC1. The molecule has 2 heterocycles. The summed E-state index contributed by atoms with van der Waals surface area (Å²) in [5, 5.41) is 15.8. The standard InChI is InChI=1S/C22H28N6O4/c1-6-21(24-22(7-2)32-5)27-10-8-26(9-11-27)18-13-20(31-4)19(28(29)30)12-17(18)16-14-23-25(3)15-16/h6-7,12-15H,1,8-11H2,2-5H3/b22-7+,24-21+. The Kier molecular flexibility index (Phi) is 7.14. The number of amidine groups is 1. The van der Waals surface area contributed by atoms with E-state index in [9.17, 15) is 10.1 Å². The molecule has 1 aliphatic heterocycles. The van der Waals surface area contributed by atoms with Crippen molar-refractivity contribution in [3.05, 3.63) is 59.3 Å². The van der Waals surface area contributed by atoms with Crippen molar-refractivity contribution in [2.75, 3.05) is 45.3 Å². The molecule has 0 aliphatic carbocycles. The van der Waals surface area contributed by atoms with Crippen LogP contribution in [0, 0.1) is 10.1 Å². The van der Waals surface area contributed by atoms with E-state index >= 15 is 0 Å². The van der Waals surface area contributed by atoms with Crippen LogP contribution in [-0.4, -0.2) is 65.8 Å². The van der Waals surface area contributed by atoms with Crippen molar-refractivity contribution >= 4 is 17.2 Å². The van der Waals surface area contributed by atoms with Gasteiger partial charge >= 0.3 is 5.69 Å². The molecule has 0 spiro atoms. The Balaban J connectivity index is 1.93. The number of rotatable bonds is 7. The fraction of sp³-hybridized carbons (Fsp3) is 0.364. The Labute approximate surface area is 187 Å². The van der Waals surface area contributed by atoms with E-state index in [-0.39, 0.29) is 11.4 Å². The summed E-state index contributed by atoms with van der Waals surface area (Å²) in [7, 11) is 4.84. The normalized spacial score (nSPS) is 15.0. The number of hydrogen-bond donors (Lipinski definition) is 0. The molecule has 1 aliphatic rings. The van der Waals surface area contributed by atoms with Crippen LogP contribution >= 0.6 is 0 Å². The van der Waals surface area contributed by atoms with Gasteiger partial charge in [-0.25, -0.2) is 0 Å². The summed E-state index contributed by atoms with van der Waals surface area (Å²) in [5.41, 5.74) is 2.34. The first-order valence-electron chi connectivity index (χ1n) is 10.2. The van der Waals surface area contributed by atoms with E-state index in [0.717, 1.165) is 22.6 Å². The number of hydrogen-bond acceptors (Lipinski definition) is 7. The molecule has 1 saturated heterocycles. The number of aromatic nitrogens is 2. The molecule has 0 unspecified atom stereocenters. The van der Waals surface area contributed by atoms with Gasteiger partial charge in [-0.1, -0.05) is 6.58 Å². The van der Waals surface area contributed by atoms with Gasteiger partial charge < -0.3 is 19.3 Å². The highest BCUT2D eigenvalue weighted by atomic mass is 16.6. The maximum Gasteiger partial charge on any atom is 0.311 e. The van der Waals surface area contributed by atoms with Crippen LogP contribution in [0.25, 0.3) is 11.1 Å². The van der Waals surface area contributed by atoms with E-state index in [4.69, 9.17) is 9.47 Å². The number of benzene rings is 1. The van der Waals surface area contributed by atoms with E-state index in [1.54, 1.807) is 42.3 Å². The molecule has 0 bridgehead atoms. The zero-order valence-electron chi connectivity index (χ0n) is 18.8. The van der Waals surface area contributed by atoms with Crippen molar-refractivity contribution < 1.29 is 14.4 Å². The summed E-state index contributed by atoms with van der Waals surface area (Å²) in [6.07, 6.45) is 7.06. The van der Waals surface area contributed by atoms with Crippen LogP contribution in [0.5, 0.6) is 5.75 Å².